The number of hydrogen-bond donors (Lipinski definition) is 0. The third kappa shape index (κ3) is 3.85. The zero-order valence-electron chi connectivity index (χ0n) is 17.7. The summed E-state index contributed by atoms with van der Waals surface area (Å²) in [6.07, 6.45) is 7.75. The Hall–Kier alpha value is -2.28. The summed E-state index contributed by atoms with van der Waals surface area (Å²) < 4.78 is 5.96. The molecule has 168 valence electrons. The van der Waals surface area contributed by atoms with Gasteiger partial charge < -0.3 is 4.74 Å². The van der Waals surface area contributed by atoms with Crippen LogP contribution in [0.4, 0.5) is 0 Å². The van der Waals surface area contributed by atoms with Crippen LogP contribution in [0.2, 0.25) is 0 Å². The average Bonchev–Trinajstić information content (AvgIpc) is 3.57. The number of esters is 1. The van der Waals surface area contributed by atoms with Crippen molar-refractivity contribution < 1.29 is 23.9 Å². The number of benzene rings is 1. The topological polar surface area (TPSA) is 80.8 Å². The molecule has 0 unspecified atom stereocenters. The molecule has 2 saturated carbocycles. The summed E-state index contributed by atoms with van der Waals surface area (Å²) in [5, 5.41) is 0. The van der Waals surface area contributed by atoms with Crippen molar-refractivity contribution in [3.05, 3.63) is 46.5 Å². The molecule has 4 aliphatic carbocycles. The number of hydrogen-bond acceptors (Lipinski definition) is 5. The molecule has 7 heteroatoms. The van der Waals surface area contributed by atoms with Crippen molar-refractivity contribution in [3.8, 4) is 0 Å². The van der Waals surface area contributed by atoms with Gasteiger partial charge in [-0.15, -0.1) is 0 Å². The molecule has 0 N–H and O–H groups in total. The summed E-state index contributed by atoms with van der Waals surface area (Å²) in [7, 11) is 0. The molecule has 0 radical (unpaired) electrons. The van der Waals surface area contributed by atoms with Gasteiger partial charge in [0.1, 0.15) is 0 Å². The van der Waals surface area contributed by atoms with Gasteiger partial charge in [0.15, 0.2) is 12.4 Å². The van der Waals surface area contributed by atoms with Gasteiger partial charge in [-0.25, -0.2) is 0 Å². The lowest BCUT2D eigenvalue weighted by atomic mass is 9.63. The largest absolute Gasteiger partial charge is 0.457 e. The highest BCUT2D eigenvalue weighted by atomic mass is 79.9. The molecule has 1 saturated heterocycles. The summed E-state index contributed by atoms with van der Waals surface area (Å²) in [5.74, 6) is 0.841. The van der Waals surface area contributed by atoms with E-state index in [0.717, 1.165) is 10.9 Å². The van der Waals surface area contributed by atoms with Crippen molar-refractivity contribution >= 4 is 39.5 Å². The highest BCUT2D eigenvalue weighted by molar-refractivity contribution is 9.10. The number of ketones is 1. The van der Waals surface area contributed by atoms with Crippen LogP contribution in [0.15, 0.2) is 40.9 Å². The van der Waals surface area contributed by atoms with Crippen LogP contribution in [0.25, 0.3) is 0 Å². The number of imide groups is 1. The van der Waals surface area contributed by atoms with Crippen molar-refractivity contribution in [1.29, 1.82) is 0 Å². The van der Waals surface area contributed by atoms with Crippen molar-refractivity contribution in [1.82, 2.24) is 4.90 Å². The molecule has 1 heterocycles. The fraction of sp³-hybridized carbons (Fsp3) is 0.520. The van der Waals surface area contributed by atoms with Crippen LogP contribution in [0.5, 0.6) is 0 Å². The van der Waals surface area contributed by atoms with E-state index in [2.05, 4.69) is 28.1 Å². The summed E-state index contributed by atoms with van der Waals surface area (Å²) in [4.78, 5) is 51.3. The average molecular weight is 500 g/mol. The van der Waals surface area contributed by atoms with Gasteiger partial charge in [-0.1, -0.05) is 46.6 Å². The molecule has 0 spiro atoms. The van der Waals surface area contributed by atoms with Gasteiger partial charge in [0, 0.05) is 23.0 Å². The van der Waals surface area contributed by atoms with E-state index in [9.17, 15) is 19.2 Å². The lowest BCUT2D eigenvalue weighted by Gasteiger charge is -2.37. The van der Waals surface area contributed by atoms with E-state index < -0.39 is 5.97 Å². The second-order valence-corrected chi connectivity index (χ2v) is 10.3. The first kappa shape index (κ1) is 21.6. The highest BCUT2D eigenvalue weighted by Crippen LogP contribution is 2.65. The molecule has 3 fully saturated rings. The van der Waals surface area contributed by atoms with Gasteiger partial charge in [0.25, 0.3) is 0 Å². The van der Waals surface area contributed by atoms with E-state index in [1.54, 1.807) is 24.3 Å². The van der Waals surface area contributed by atoms with Crippen LogP contribution in [0.3, 0.4) is 0 Å². The van der Waals surface area contributed by atoms with Crippen molar-refractivity contribution in [3.63, 3.8) is 0 Å². The number of amides is 2. The molecule has 5 aliphatic rings. The smallest absolute Gasteiger partial charge is 0.306 e. The van der Waals surface area contributed by atoms with E-state index >= 15 is 0 Å². The predicted molar refractivity (Wildman–Crippen MR) is 119 cm³/mol. The molecule has 6 atom stereocenters. The number of likely N-dealkylation sites (tertiary alicyclic amines) is 1. The van der Waals surface area contributed by atoms with Crippen molar-refractivity contribution in [2.24, 2.45) is 35.5 Å². The summed E-state index contributed by atoms with van der Waals surface area (Å²) in [6, 6.07) is 6.90. The predicted octanol–water partition coefficient (Wildman–Crippen LogP) is 3.79. The Balaban J connectivity index is 1.02. The Bertz CT molecular complexity index is 951. The lowest BCUT2D eigenvalue weighted by Crippen LogP contribution is -2.40. The van der Waals surface area contributed by atoms with Crippen LogP contribution < -0.4 is 0 Å². The molecule has 1 aliphatic heterocycles. The van der Waals surface area contributed by atoms with Crippen LogP contribution in [0.1, 0.15) is 42.5 Å². The number of Topliss-reactive ketones (excluding diaryl/α,β-unsaturated/α-hetero) is 1. The maximum Gasteiger partial charge on any atom is 0.306 e. The number of halogens is 1. The number of allylic oxidation sites excluding steroid dienone is 2. The van der Waals surface area contributed by atoms with E-state index in [0.29, 0.717) is 36.8 Å². The Morgan fingerprint density at radius 1 is 0.938 bits per heavy atom. The zero-order valence-corrected chi connectivity index (χ0v) is 19.3. The standard InChI is InChI=1S/C25H26BrNO5/c26-15-7-5-14(6-8-15)20(28)13-32-21(29)4-2-1-3-11-27-24(30)22-16-9-10-17(19-12-18(16)19)23(22)25(27)31/h5-10,16-19,22-23H,1-4,11-13H2/t16-,17-,18-,19-,22+,23+/m0/s1. The SMILES string of the molecule is O=C(CCCCCN1C(=O)[C@@H]2[C@H]3C=C[C@@H]([C@@H]4C[C@@H]34)[C@H]2C1=O)OCC(=O)c1ccc(Br)cc1. The molecule has 1 aromatic rings. The van der Waals surface area contributed by atoms with Crippen LogP contribution >= 0.6 is 15.9 Å². The fourth-order valence-corrected chi connectivity index (χ4v) is 6.16. The molecule has 1 aromatic carbocycles. The first-order chi connectivity index (χ1) is 15.5. The highest BCUT2D eigenvalue weighted by Gasteiger charge is 2.66. The fourth-order valence-electron chi connectivity index (χ4n) is 5.89. The summed E-state index contributed by atoms with van der Waals surface area (Å²) in [5.41, 5.74) is 0.502. The van der Waals surface area contributed by atoms with Gasteiger partial charge in [0.2, 0.25) is 11.8 Å². The van der Waals surface area contributed by atoms with Crippen molar-refractivity contribution in [2.75, 3.05) is 13.2 Å². The molecule has 2 amide bonds. The van der Waals surface area contributed by atoms with Crippen molar-refractivity contribution in [2.45, 2.75) is 32.1 Å². The third-order valence-corrected chi connectivity index (χ3v) is 8.08. The Kier molecular flexibility index (Phi) is 5.78. The molecular weight excluding hydrogens is 474 g/mol. The number of ether oxygens (including phenoxy) is 1. The normalized spacial score (nSPS) is 31.5. The van der Waals surface area contributed by atoms with E-state index in [1.165, 1.54) is 11.3 Å². The Morgan fingerprint density at radius 3 is 2.19 bits per heavy atom. The minimum atomic E-state index is -0.406. The second-order valence-electron chi connectivity index (χ2n) is 9.38. The monoisotopic (exact) mass is 499 g/mol. The first-order valence-electron chi connectivity index (χ1n) is 11.4. The minimum absolute atomic E-state index is 0.00978. The Labute approximate surface area is 195 Å². The summed E-state index contributed by atoms with van der Waals surface area (Å²) >= 11 is 3.31. The van der Waals surface area contributed by atoms with E-state index in [-0.39, 0.29) is 54.3 Å². The van der Waals surface area contributed by atoms with Crippen LogP contribution in [0, 0.1) is 35.5 Å². The molecule has 6 rings (SSSR count). The number of nitrogens with zero attached hydrogens (tertiary/aromatic N) is 1. The van der Waals surface area contributed by atoms with E-state index in [4.69, 9.17) is 4.74 Å². The lowest BCUT2D eigenvalue weighted by molar-refractivity contribution is -0.143. The van der Waals surface area contributed by atoms with Gasteiger partial charge in [0.05, 0.1) is 11.8 Å². The zero-order chi connectivity index (χ0) is 22.4. The summed E-state index contributed by atoms with van der Waals surface area (Å²) in [6.45, 7) is 0.162. The number of rotatable bonds is 9. The van der Waals surface area contributed by atoms with Gasteiger partial charge >= 0.3 is 5.97 Å². The van der Waals surface area contributed by atoms with Crippen LogP contribution in [-0.4, -0.2) is 41.6 Å². The molecule has 0 aromatic heterocycles. The molecule has 32 heavy (non-hydrogen) atoms. The molecular formula is C25H26BrNO5. The van der Waals surface area contributed by atoms with E-state index in [1.807, 2.05) is 0 Å². The Morgan fingerprint density at radius 2 is 1.56 bits per heavy atom. The molecule has 2 bridgehead atoms. The van der Waals surface area contributed by atoms with Gasteiger partial charge in [-0.3, -0.25) is 24.1 Å². The molecule has 6 nitrogen and oxygen atoms in total. The van der Waals surface area contributed by atoms with Crippen LogP contribution in [-0.2, 0) is 19.1 Å². The quantitative estimate of drug-likeness (QED) is 0.170. The second kappa shape index (κ2) is 8.58. The maximum atomic E-state index is 12.9. The van der Waals surface area contributed by atoms with Gasteiger partial charge in [-0.2, -0.15) is 0 Å². The minimum Gasteiger partial charge on any atom is -0.457 e. The number of carbonyl (C=O) groups excluding carboxylic acids is 4. The maximum absolute atomic E-state index is 12.9. The number of unbranched alkanes of at least 4 members (excludes halogenated alkanes) is 2. The first-order valence-corrected chi connectivity index (χ1v) is 12.2. The van der Waals surface area contributed by atoms with Gasteiger partial charge in [-0.05, 0) is 55.1 Å². The third-order valence-electron chi connectivity index (χ3n) is 7.55. The number of carbonyl (C=O) groups is 4.